The summed E-state index contributed by atoms with van der Waals surface area (Å²) in [5, 5.41) is 15.2. The van der Waals surface area contributed by atoms with Gasteiger partial charge in [-0.1, -0.05) is 20.8 Å². The third kappa shape index (κ3) is 5.25. The number of fused-ring (bicyclic) bond motifs is 1. The molecule has 0 unspecified atom stereocenters. The highest BCUT2D eigenvalue weighted by molar-refractivity contribution is 7.89. The zero-order valence-corrected chi connectivity index (χ0v) is 21.1. The van der Waals surface area contributed by atoms with E-state index in [1.807, 2.05) is 0 Å². The number of carbonyl (C=O) groups is 1. The molecule has 0 spiro atoms. The van der Waals surface area contributed by atoms with Crippen LogP contribution in [0.3, 0.4) is 0 Å². The summed E-state index contributed by atoms with van der Waals surface area (Å²) in [5.41, 5.74) is 1.20. The van der Waals surface area contributed by atoms with Crippen LogP contribution in [0.4, 0.5) is 4.39 Å². The Balaban J connectivity index is 1.68. The molecule has 2 N–H and O–H groups in total. The Bertz CT molecular complexity index is 1320. The van der Waals surface area contributed by atoms with E-state index in [-0.39, 0.29) is 29.0 Å². The maximum absolute atomic E-state index is 13.6. The summed E-state index contributed by atoms with van der Waals surface area (Å²) < 4.78 is 43.0. The maximum atomic E-state index is 13.6. The highest BCUT2D eigenvalue weighted by Crippen LogP contribution is 2.33. The number of benzene rings is 1. The van der Waals surface area contributed by atoms with E-state index in [0.29, 0.717) is 30.8 Å². The normalized spacial score (nSPS) is 19.2. The molecule has 1 aromatic carbocycles. The van der Waals surface area contributed by atoms with Crippen molar-refractivity contribution in [2.24, 2.45) is 5.92 Å². The molecule has 2 heterocycles. The van der Waals surface area contributed by atoms with Crippen molar-refractivity contribution >= 4 is 27.0 Å². The molecular formula is C24H32FN5O4S. The van der Waals surface area contributed by atoms with Crippen molar-refractivity contribution in [3.05, 3.63) is 42.0 Å². The van der Waals surface area contributed by atoms with Crippen molar-refractivity contribution in [1.29, 1.82) is 0 Å². The van der Waals surface area contributed by atoms with Gasteiger partial charge in [0.25, 0.3) is 15.9 Å². The predicted molar refractivity (Wildman–Crippen MR) is 130 cm³/mol. The van der Waals surface area contributed by atoms with Gasteiger partial charge in [-0.2, -0.15) is 17.6 Å². The molecule has 9 nitrogen and oxygen atoms in total. The summed E-state index contributed by atoms with van der Waals surface area (Å²) in [6.45, 7) is 6.74. The Morgan fingerprint density at radius 3 is 2.60 bits per heavy atom. The van der Waals surface area contributed by atoms with Gasteiger partial charge in [0.15, 0.2) is 0 Å². The van der Waals surface area contributed by atoms with Crippen LogP contribution in [0.15, 0.2) is 35.5 Å². The first-order valence-electron chi connectivity index (χ1n) is 11.8. The second-order valence-electron chi connectivity index (χ2n) is 10.2. The molecule has 1 aliphatic carbocycles. The number of amides is 1. The molecule has 0 atom stereocenters. The van der Waals surface area contributed by atoms with Gasteiger partial charge in [-0.15, -0.1) is 0 Å². The number of nitrogens with zero attached hydrogens (tertiary/aromatic N) is 4. The lowest BCUT2D eigenvalue weighted by Gasteiger charge is -2.27. The van der Waals surface area contributed by atoms with Crippen molar-refractivity contribution in [2.75, 3.05) is 13.2 Å². The van der Waals surface area contributed by atoms with Gasteiger partial charge in [0, 0.05) is 18.5 Å². The van der Waals surface area contributed by atoms with E-state index in [1.54, 1.807) is 6.07 Å². The first kappa shape index (κ1) is 25.3. The number of aliphatic hydroxyl groups excluding tert-OH is 1. The molecule has 1 amide bonds. The van der Waals surface area contributed by atoms with E-state index in [4.69, 9.17) is 10.1 Å². The lowest BCUT2D eigenvalue weighted by molar-refractivity contribution is 0.0945. The molecule has 0 bridgehead atoms. The third-order valence-corrected chi connectivity index (χ3v) is 7.91. The van der Waals surface area contributed by atoms with E-state index >= 15 is 0 Å². The smallest absolute Gasteiger partial charge is 0.283 e. The van der Waals surface area contributed by atoms with Gasteiger partial charge >= 0.3 is 0 Å². The number of imidazole rings is 1. The zero-order chi connectivity index (χ0) is 25.4. The average molecular weight is 506 g/mol. The van der Waals surface area contributed by atoms with Crippen LogP contribution in [0.2, 0.25) is 0 Å². The van der Waals surface area contributed by atoms with Crippen LogP contribution in [-0.2, 0) is 22.0 Å². The molecule has 1 saturated carbocycles. The fourth-order valence-electron chi connectivity index (χ4n) is 4.52. The first-order valence-corrected chi connectivity index (χ1v) is 13.3. The van der Waals surface area contributed by atoms with Gasteiger partial charge in [-0.25, -0.2) is 9.37 Å². The number of rotatable bonds is 7. The fourth-order valence-corrected chi connectivity index (χ4v) is 5.66. The van der Waals surface area contributed by atoms with Crippen LogP contribution in [0.25, 0.3) is 11.0 Å². The quantitative estimate of drug-likeness (QED) is 0.510. The molecule has 190 valence electrons. The van der Waals surface area contributed by atoms with Crippen LogP contribution in [0.5, 0.6) is 0 Å². The lowest BCUT2D eigenvalue weighted by Crippen LogP contribution is -2.26. The lowest BCUT2D eigenvalue weighted by atomic mass is 9.87. The third-order valence-electron chi connectivity index (χ3n) is 6.37. The molecule has 11 heteroatoms. The van der Waals surface area contributed by atoms with Crippen LogP contribution in [-0.4, -0.2) is 57.5 Å². The Labute approximate surface area is 204 Å². The number of halogens is 1. The van der Waals surface area contributed by atoms with Crippen molar-refractivity contribution in [3.8, 4) is 0 Å². The first-order chi connectivity index (χ1) is 16.5. The Hall–Kier alpha value is -2.79. The highest BCUT2D eigenvalue weighted by atomic mass is 32.2. The van der Waals surface area contributed by atoms with Crippen LogP contribution >= 0.6 is 0 Å². The summed E-state index contributed by atoms with van der Waals surface area (Å²) in [6.07, 6.45) is 4.40. The molecule has 3 aromatic rings. The van der Waals surface area contributed by atoms with E-state index in [2.05, 4.69) is 35.8 Å². The molecule has 1 fully saturated rings. The van der Waals surface area contributed by atoms with Gasteiger partial charge in [-0.05, 0) is 49.8 Å². The largest absolute Gasteiger partial charge is 0.395 e. The number of hydrogen-bond donors (Lipinski definition) is 2. The van der Waals surface area contributed by atoms with Crippen LogP contribution in [0, 0.1) is 5.92 Å². The van der Waals surface area contributed by atoms with Crippen molar-refractivity contribution in [3.63, 3.8) is 0 Å². The van der Waals surface area contributed by atoms with Gasteiger partial charge in [0.2, 0.25) is 0 Å². The van der Waals surface area contributed by atoms with Gasteiger partial charge < -0.3 is 15.0 Å². The predicted octanol–water partition coefficient (Wildman–Crippen LogP) is 3.02. The SMILES string of the molecule is CC(C)(C)c1nc2cc(S(=O)(=O)n3cc(C(=O)NCCO)cn3)ccc2n1CC1CCC(F)CC1. The van der Waals surface area contributed by atoms with Crippen molar-refractivity contribution < 1.29 is 22.7 Å². The Kier molecular flexibility index (Phi) is 7.01. The zero-order valence-electron chi connectivity index (χ0n) is 20.2. The van der Waals surface area contributed by atoms with E-state index in [1.165, 1.54) is 18.3 Å². The number of nitrogens with one attached hydrogen (secondary N) is 1. The fraction of sp³-hybridized carbons (Fsp3) is 0.542. The van der Waals surface area contributed by atoms with E-state index in [9.17, 15) is 17.6 Å². The molecule has 1 aliphatic rings. The number of alkyl halides is 1. The monoisotopic (exact) mass is 505 g/mol. The second kappa shape index (κ2) is 9.69. The maximum Gasteiger partial charge on any atom is 0.283 e. The molecule has 4 rings (SSSR count). The topological polar surface area (TPSA) is 119 Å². The summed E-state index contributed by atoms with van der Waals surface area (Å²) in [4.78, 5) is 16.9. The highest BCUT2D eigenvalue weighted by Gasteiger charge is 2.28. The number of aromatic nitrogens is 4. The summed E-state index contributed by atoms with van der Waals surface area (Å²) >= 11 is 0. The van der Waals surface area contributed by atoms with Crippen molar-refractivity contribution in [1.82, 2.24) is 24.1 Å². The molecule has 35 heavy (non-hydrogen) atoms. The minimum atomic E-state index is -4.05. The minimum Gasteiger partial charge on any atom is -0.395 e. The molecular weight excluding hydrogens is 473 g/mol. The average Bonchev–Trinajstić information content (AvgIpc) is 3.45. The van der Waals surface area contributed by atoms with E-state index in [0.717, 1.165) is 34.5 Å². The molecule has 0 radical (unpaired) electrons. The van der Waals surface area contributed by atoms with Crippen LogP contribution < -0.4 is 5.32 Å². The van der Waals surface area contributed by atoms with Gasteiger partial charge in [0.1, 0.15) is 12.0 Å². The number of hydrogen-bond acceptors (Lipinski definition) is 6. The summed E-state index contributed by atoms with van der Waals surface area (Å²) in [5.74, 6) is 0.682. The number of carbonyl (C=O) groups excluding carboxylic acids is 1. The molecule has 2 aromatic heterocycles. The molecule has 0 saturated heterocycles. The Morgan fingerprint density at radius 2 is 1.94 bits per heavy atom. The Morgan fingerprint density at radius 1 is 1.23 bits per heavy atom. The van der Waals surface area contributed by atoms with Gasteiger partial charge in [0.05, 0.1) is 40.5 Å². The van der Waals surface area contributed by atoms with Crippen LogP contribution in [0.1, 0.15) is 62.6 Å². The van der Waals surface area contributed by atoms with Crippen molar-refractivity contribution in [2.45, 2.75) is 69.5 Å². The standard InChI is InChI=1S/C24H32FN5O4S/c1-24(2,3)23-28-20-12-19(8-9-21(20)29(23)14-16-4-6-18(25)7-5-16)35(33,34)30-15-17(13-27-30)22(32)26-10-11-31/h8-9,12-13,15-16,18,31H,4-7,10-11,14H2,1-3H3,(H,26,32). The second-order valence-corrected chi connectivity index (χ2v) is 11.9. The van der Waals surface area contributed by atoms with Gasteiger partial charge in [-0.3, -0.25) is 4.79 Å². The summed E-state index contributed by atoms with van der Waals surface area (Å²) in [7, 11) is -4.05. The molecule has 0 aliphatic heterocycles. The van der Waals surface area contributed by atoms with E-state index < -0.39 is 22.1 Å². The number of aliphatic hydroxyl groups is 1. The minimum absolute atomic E-state index is 0.0125. The summed E-state index contributed by atoms with van der Waals surface area (Å²) in [6, 6.07) is 4.81.